The molecule has 16 heavy (non-hydrogen) atoms. The zero-order valence-corrected chi connectivity index (χ0v) is 9.08. The molecule has 0 fully saturated rings. The molecule has 1 aromatic rings. The fraction of sp³-hybridized carbons (Fsp3) is 0.364. The van der Waals surface area contributed by atoms with E-state index in [1.165, 1.54) is 24.9 Å². The number of halogens is 2. The highest BCUT2D eigenvalue weighted by atomic mass is 19.2. The molecule has 88 valence electrons. The van der Waals surface area contributed by atoms with Crippen LogP contribution in [-0.4, -0.2) is 29.6 Å². The van der Waals surface area contributed by atoms with Gasteiger partial charge in [0.25, 0.3) is 0 Å². The summed E-state index contributed by atoms with van der Waals surface area (Å²) in [4.78, 5) is 12.4. The van der Waals surface area contributed by atoms with E-state index in [-0.39, 0.29) is 12.5 Å². The Kier molecular flexibility index (Phi) is 3.95. The molecule has 0 aliphatic carbocycles. The van der Waals surface area contributed by atoms with Crippen LogP contribution in [0.3, 0.4) is 0 Å². The molecule has 1 aromatic carbocycles. The lowest BCUT2D eigenvalue weighted by Gasteiger charge is -2.25. The minimum atomic E-state index is -0.993. The lowest BCUT2D eigenvalue weighted by atomic mass is 10.1. The standard InChI is InChI=1S/C11H13F2NO2/c1-7(16)14(2)11(6-15)8-3-4-9(12)10(13)5-8/h3-5,11,15H,6H2,1-2H3. The van der Waals surface area contributed by atoms with Crippen molar-refractivity contribution in [2.45, 2.75) is 13.0 Å². The summed E-state index contributed by atoms with van der Waals surface area (Å²) in [5.41, 5.74) is 0.360. The second-order valence-corrected chi connectivity index (χ2v) is 3.50. The van der Waals surface area contributed by atoms with Crippen LogP contribution >= 0.6 is 0 Å². The van der Waals surface area contributed by atoms with Crippen LogP contribution in [0.2, 0.25) is 0 Å². The Balaban J connectivity index is 3.04. The maximum atomic E-state index is 13.0. The Hall–Kier alpha value is -1.49. The molecule has 0 aromatic heterocycles. The monoisotopic (exact) mass is 229 g/mol. The van der Waals surface area contributed by atoms with Crippen molar-refractivity contribution in [2.75, 3.05) is 13.7 Å². The van der Waals surface area contributed by atoms with Crippen LogP contribution in [0.15, 0.2) is 18.2 Å². The third kappa shape index (κ3) is 2.55. The van der Waals surface area contributed by atoms with E-state index in [0.29, 0.717) is 5.56 Å². The summed E-state index contributed by atoms with van der Waals surface area (Å²) in [5, 5.41) is 9.15. The summed E-state index contributed by atoms with van der Waals surface area (Å²) in [6.07, 6.45) is 0. The van der Waals surface area contributed by atoms with Crippen molar-refractivity contribution in [1.82, 2.24) is 4.90 Å². The molecule has 0 radical (unpaired) electrons. The van der Waals surface area contributed by atoms with Gasteiger partial charge >= 0.3 is 0 Å². The first-order valence-electron chi connectivity index (χ1n) is 4.76. The molecule has 0 spiro atoms. The molecule has 0 heterocycles. The van der Waals surface area contributed by atoms with Gasteiger partial charge < -0.3 is 10.0 Å². The van der Waals surface area contributed by atoms with E-state index in [0.717, 1.165) is 12.1 Å². The van der Waals surface area contributed by atoms with Crippen molar-refractivity contribution in [3.8, 4) is 0 Å². The van der Waals surface area contributed by atoms with Crippen molar-refractivity contribution in [2.24, 2.45) is 0 Å². The minimum absolute atomic E-state index is 0.260. The largest absolute Gasteiger partial charge is 0.394 e. The molecule has 3 nitrogen and oxygen atoms in total. The predicted molar refractivity (Wildman–Crippen MR) is 54.6 cm³/mol. The molecule has 1 rings (SSSR count). The second-order valence-electron chi connectivity index (χ2n) is 3.50. The number of amides is 1. The third-order valence-electron chi connectivity index (χ3n) is 2.47. The van der Waals surface area contributed by atoms with E-state index in [4.69, 9.17) is 5.11 Å². The Morgan fingerprint density at radius 3 is 2.50 bits per heavy atom. The Bertz CT molecular complexity index is 396. The number of aliphatic hydroxyl groups excluding tert-OH is 1. The van der Waals surface area contributed by atoms with Gasteiger partial charge in [0.1, 0.15) is 0 Å². The van der Waals surface area contributed by atoms with E-state index in [9.17, 15) is 13.6 Å². The van der Waals surface area contributed by atoms with Gasteiger partial charge in [0, 0.05) is 14.0 Å². The first-order valence-corrected chi connectivity index (χ1v) is 4.76. The summed E-state index contributed by atoms with van der Waals surface area (Å²) in [6, 6.07) is 2.64. The van der Waals surface area contributed by atoms with Crippen molar-refractivity contribution in [3.63, 3.8) is 0 Å². The predicted octanol–water partition coefficient (Wildman–Crippen LogP) is 1.48. The minimum Gasteiger partial charge on any atom is -0.394 e. The Morgan fingerprint density at radius 1 is 1.44 bits per heavy atom. The molecule has 0 bridgehead atoms. The number of hydrogen-bond donors (Lipinski definition) is 1. The van der Waals surface area contributed by atoms with Gasteiger partial charge in [-0.25, -0.2) is 8.78 Å². The Morgan fingerprint density at radius 2 is 2.06 bits per heavy atom. The molecular weight excluding hydrogens is 216 g/mol. The van der Waals surface area contributed by atoms with Crippen LogP contribution in [-0.2, 0) is 4.79 Å². The summed E-state index contributed by atoms with van der Waals surface area (Å²) in [6.45, 7) is 0.990. The number of hydrogen-bond acceptors (Lipinski definition) is 2. The molecule has 1 unspecified atom stereocenters. The second kappa shape index (κ2) is 5.03. The highest BCUT2D eigenvalue weighted by molar-refractivity contribution is 5.73. The van der Waals surface area contributed by atoms with E-state index in [2.05, 4.69) is 0 Å². The maximum Gasteiger partial charge on any atom is 0.219 e. The first kappa shape index (κ1) is 12.6. The van der Waals surface area contributed by atoms with Gasteiger partial charge in [0.15, 0.2) is 11.6 Å². The number of benzene rings is 1. The number of rotatable bonds is 3. The topological polar surface area (TPSA) is 40.5 Å². The van der Waals surface area contributed by atoms with Gasteiger partial charge in [0.2, 0.25) is 5.91 Å². The summed E-state index contributed by atoms with van der Waals surface area (Å²) in [7, 11) is 1.49. The molecule has 0 saturated carbocycles. The van der Waals surface area contributed by atoms with Gasteiger partial charge in [-0.3, -0.25) is 4.79 Å². The SMILES string of the molecule is CC(=O)N(C)C(CO)c1ccc(F)c(F)c1. The smallest absolute Gasteiger partial charge is 0.219 e. The number of carbonyl (C=O) groups is 1. The fourth-order valence-corrected chi connectivity index (χ4v) is 1.39. The maximum absolute atomic E-state index is 13.0. The van der Waals surface area contributed by atoms with Crippen LogP contribution in [0.25, 0.3) is 0 Å². The molecular formula is C11H13F2NO2. The average molecular weight is 229 g/mol. The summed E-state index contributed by atoms with van der Waals surface area (Å²) >= 11 is 0. The lowest BCUT2D eigenvalue weighted by Crippen LogP contribution is -2.31. The highest BCUT2D eigenvalue weighted by Gasteiger charge is 2.19. The normalized spacial score (nSPS) is 12.3. The van der Waals surface area contributed by atoms with Gasteiger partial charge in [-0.1, -0.05) is 6.07 Å². The Labute approximate surface area is 92.3 Å². The van der Waals surface area contributed by atoms with Crippen molar-refractivity contribution in [1.29, 1.82) is 0 Å². The van der Waals surface area contributed by atoms with Crippen LogP contribution < -0.4 is 0 Å². The van der Waals surface area contributed by atoms with Crippen molar-refractivity contribution >= 4 is 5.91 Å². The van der Waals surface area contributed by atoms with Crippen molar-refractivity contribution < 1.29 is 18.7 Å². The van der Waals surface area contributed by atoms with Crippen LogP contribution in [0, 0.1) is 11.6 Å². The zero-order valence-electron chi connectivity index (χ0n) is 9.08. The number of carbonyl (C=O) groups excluding carboxylic acids is 1. The fourth-order valence-electron chi connectivity index (χ4n) is 1.39. The first-order chi connectivity index (χ1) is 7.47. The molecule has 0 aliphatic heterocycles. The number of likely N-dealkylation sites (N-methyl/N-ethyl adjacent to an activating group) is 1. The third-order valence-corrected chi connectivity index (χ3v) is 2.47. The van der Waals surface area contributed by atoms with Crippen LogP contribution in [0.5, 0.6) is 0 Å². The van der Waals surface area contributed by atoms with Gasteiger partial charge in [-0.15, -0.1) is 0 Å². The average Bonchev–Trinajstić information content (AvgIpc) is 2.24. The van der Waals surface area contributed by atoms with Crippen molar-refractivity contribution in [3.05, 3.63) is 35.4 Å². The molecule has 1 amide bonds. The molecule has 0 saturated heterocycles. The van der Waals surface area contributed by atoms with E-state index < -0.39 is 17.7 Å². The zero-order chi connectivity index (χ0) is 12.3. The lowest BCUT2D eigenvalue weighted by molar-refractivity contribution is -0.130. The van der Waals surface area contributed by atoms with E-state index in [1.54, 1.807) is 0 Å². The summed E-state index contributed by atoms with van der Waals surface area (Å²) < 4.78 is 25.7. The van der Waals surface area contributed by atoms with E-state index >= 15 is 0 Å². The number of aliphatic hydroxyl groups is 1. The van der Waals surface area contributed by atoms with Crippen LogP contribution in [0.1, 0.15) is 18.5 Å². The quantitative estimate of drug-likeness (QED) is 0.852. The highest BCUT2D eigenvalue weighted by Crippen LogP contribution is 2.20. The van der Waals surface area contributed by atoms with Gasteiger partial charge in [-0.2, -0.15) is 0 Å². The van der Waals surface area contributed by atoms with Gasteiger partial charge in [0.05, 0.1) is 12.6 Å². The van der Waals surface area contributed by atoms with Gasteiger partial charge in [-0.05, 0) is 17.7 Å². The number of nitrogens with zero attached hydrogens (tertiary/aromatic N) is 1. The van der Waals surface area contributed by atoms with Crippen LogP contribution in [0.4, 0.5) is 8.78 Å². The molecule has 1 atom stereocenters. The van der Waals surface area contributed by atoms with E-state index in [1.807, 2.05) is 0 Å². The molecule has 5 heteroatoms. The summed E-state index contributed by atoms with van der Waals surface area (Å²) in [5.74, 6) is -2.21. The molecule has 1 N–H and O–H groups in total. The molecule has 0 aliphatic rings.